The van der Waals surface area contributed by atoms with Gasteiger partial charge in [0, 0.05) is 19.0 Å². The minimum Gasteiger partial charge on any atom is -0.342 e. The summed E-state index contributed by atoms with van der Waals surface area (Å²) in [5.41, 5.74) is 0. The maximum Gasteiger partial charge on any atom is 0.225 e. The summed E-state index contributed by atoms with van der Waals surface area (Å²) in [4.78, 5) is 13.9. The molecule has 1 unspecified atom stereocenters. The van der Waals surface area contributed by atoms with Crippen molar-refractivity contribution in [3.63, 3.8) is 0 Å². The zero-order valence-electron chi connectivity index (χ0n) is 8.62. The molecule has 0 spiro atoms. The standard InChI is InChI=1S/C11H19NO/c1-3-8(2)11(13)12-6-9-4-10(5-9)7-12/h8-10H,3-7H2,1-2H3. The van der Waals surface area contributed by atoms with Gasteiger partial charge in [0.2, 0.25) is 5.91 Å². The maximum absolute atomic E-state index is 11.8. The molecule has 0 aromatic heterocycles. The molecule has 3 aliphatic rings. The van der Waals surface area contributed by atoms with Gasteiger partial charge in [-0.25, -0.2) is 0 Å². The van der Waals surface area contributed by atoms with Crippen LogP contribution in [0.25, 0.3) is 0 Å². The maximum atomic E-state index is 11.8. The minimum absolute atomic E-state index is 0.234. The second-order valence-corrected chi connectivity index (χ2v) is 4.76. The molecule has 3 rings (SSSR count). The molecule has 2 nitrogen and oxygen atoms in total. The molecule has 1 amide bonds. The van der Waals surface area contributed by atoms with E-state index in [9.17, 15) is 4.79 Å². The van der Waals surface area contributed by atoms with Crippen molar-refractivity contribution in [3.8, 4) is 0 Å². The fourth-order valence-electron chi connectivity index (χ4n) is 2.54. The normalized spacial score (nSPS) is 33.8. The predicted octanol–water partition coefficient (Wildman–Crippen LogP) is 1.90. The number of fused-ring (bicyclic) bond motifs is 2. The molecule has 0 N–H and O–H groups in total. The Morgan fingerprint density at radius 2 is 1.92 bits per heavy atom. The van der Waals surface area contributed by atoms with Gasteiger partial charge in [0.1, 0.15) is 0 Å². The highest BCUT2D eigenvalue weighted by atomic mass is 16.2. The average Bonchev–Trinajstić information content (AvgIpc) is 2.14. The summed E-state index contributed by atoms with van der Waals surface area (Å²) in [6.45, 7) is 6.22. The van der Waals surface area contributed by atoms with Gasteiger partial charge >= 0.3 is 0 Å². The van der Waals surface area contributed by atoms with Crippen molar-refractivity contribution in [2.24, 2.45) is 17.8 Å². The third-order valence-electron chi connectivity index (χ3n) is 3.64. The predicted molar refractivity (Wildman–Crippen MR) is 52.2 cm³/mol. The van der Waals surface area contributed by atoms with Gasteiger partial charge < -0.3 is 4.90 Å². The van der Waals surface area contributed by atoms with Crippen molar-refractivity contribution in [2.75, 3.05) is 13.1 Å². The molecule has 74 valence electrons. The van der Waals surface area contributed by atoms with Gasteiger partial charge in [0.25, 0.3) is 0 Å². The molecule has 1 atom stereocenters. The van der Waals surface area contributed by atoms with E-state index in [2.05, 4.69) is 11.8 Å². The highest BCUT2D eigenvalue weighted by molar-refractivity contribution is 5.78. The van der Waals surface area contributed by atoms with Crippen LogP contribution in [-0.4, -0.2) is 23.9 Å². The van der Waals surface area contributed by atoms with Gasteiger partial charge in [0.05, 0.1) is 0 Å². The van der Waals surface area contributed by atoms with E-state index in [-0.39, 0.29) is 5.92 Å². The Morgan fingerprint density at radius 1 is 1.38 bits per heavy atom. The molecule has 0 aromatic rings. The molecular formula is C11H19NO. The number of piperidine rings is 2. The zero-order valence-corrected chi connectivity index (χ0v) is 8.62. The summed E-state index contributed by atoms with van der Waals surface area (Å²) < 4.78 is 0. The number of hydrogen-bond acceptors (Lipinski definition) is 1. The molecule has 0 radical (unpaired) electrons. The summed E-state index contributed by atoms with van der Waals surface area (Å²) in [5, 5.41) is 0. The molecule has 2 heterocycles. The van der Waals surface area contributed by atoms with Crippen LogP contribution < -0.4 is 0 Å². The molecule has 3 fully saturated rings. The van der Waals surface area contributed by atoms with Gasteiger partial charge in [-0.1, -0.05) is 13.8 Å². The first-order valence-corrected chi connectivity index (χ1v) is 5.49. The van der Waals surface area contributed by atoms with Crippen molar-refractivity contribution in [2.45, 2.75) is 33.1 Å². The Bertz CT molecular complexity index is 198. The van der Waals surface area contributed by atoms with Crippen LogP contribution in [0.5, 0.6) is 0 Å². The Hall–Kier alpha value is -0.530. The number of nitrogens with zero attached hydrogens (tertiary/aromatic N) is 1. The molecule has 2 heteroatoms. The number of carbonyl (C=O) groups excluding carboxylic acids is 1. The number of rotatable bonds is 2. The SMILES string of the molecule is CCC(C)C(=O)N1CC2CC(C2)C1. The lowest BCUT2D eigenvalue weighted by atomic mass is 9.71. The smallest absolute Gasteiger partial charge is 0.225 e. The van der Waals surface area contributed by atoms with Gasteiger partial charge in [-0.2, -0.15) is 0 Å². The highest BCUT2D eigenvalue weighted by Gasteiger charge is 2.39. The first-order chi connectivity index (χ1) is 6.20. The van der Waals surface area contributed by atoms with Crippen LogP contribution in [-0.2, 0) is 4.79 Å². The first kappa shape index (κ1) is 9.04. The van der Waals surface area contributed by atoms with E-state index < -0.39 is 0 Å². The summed E-state index contributed by atoms with van der Waals surface area (Å²) in [6, 6.07) is 0. The van der Waals surface area contributed by atoms with Gasteiger partial charge in [-0.15, -0.1) is 0 Å². The van der Waals surface area contributed by atoms with Crippen molar-refractivity contribution in [1.82, 2.24) is 4.90 Å². The average molecular weight is 181 g/mol. The van der Waals surface area contributed by atoms with Crippen LogP contribution in [0.4, 0.5) is 0 Å². The molecular weight excluding hydrogens is 162 g/mol. The Morgan fingerprint density at radius 3 is 2.38 bits per heavy atom. The van der Waals surface area contributed by atoms with Crippen LogP contribution in [0, 0.1) is 17.8 Å². The van der Waals surface area contributed by atoms with Crippen molar-refractivity contribution in [3.05, 3.63) is 0 Å². The highest BCUT2D eigenvalue weighted by Crippen LogP contribution is 2.39. The lowest BCUT2D eigenvalue weighted by molar-refractivity contribution is -0.141. The van der Waals surface area contributed by atoms with Crippen LogP contribution >= 0.6 is 0 Å². The van der Waals surface area contributed by atoms with E-state index in [4.69, 9.17) is 0 Å². The van der Waals surface area contributed by atoms with E-state index in [0.717, 1.165) is 31.3 Å². The van der Waals surface area contributed by atoms with Crippen molar-refractivity contribution < 1.29 is 4.79 Å². The number of hydrogen-bond donors (Lipinski definition) is 0. The topological polar surface area (TPSA) is 20.3 Å². The summed E-state index contributed by atoms with van der Waals surface area (Å²) in [7, 11) is 0. The van der Waals surface area contributed by atoms with Gasteiger partial charge in [-0.05, 0) is 31.1 Å². The van der Waals surface area contributed by atoms with Crippen molar-refractivity contribution >= 4 is 5.91 Å². The molecule has 2 aliphatic heterocycles. The quantitative estimate of drug-likeness (QED) is 0.637. The van der Waals surface area contributed by atoms with E-state index >= 15 is 0 Å². The van der Waals surface area contributed by atoms with Crippen molar-refractivity contribution in [1.29, 1.82) is 0 Å². The summed E-state index contributed by atoms with van der Waals surface area (Å²) in [5.74, 6) is 2.30. The van der Waals surface area contributed by atoms with Crippen LogP contribution in [0.3, 0.4) is 0 Å². The lowest BCUT2D eigenvalue weighted by Crippen LogP contribution is -2.52. The molecule has 1 aliphatic carbocycles. The molecule has 13 heavy (non-hydrogen) atoms. The fraction of sp³-hybridized carbons (Fsp3) is 0.909. The second kappa shape index (κ2) is 3.32. The Kier molecular flexibility index (Phi) is 2.31. The van der Waals surface area contributed by atoms with E-state index in [1.54, 1.807) is 0 Å². The largest absolute Gasteiger partial charge is 0.342 e. The monoisotopic (exact) mass is 181 g/mol. The van der Waals surface area contributed by atoms with Gasteiger partial charge in [-0.3, -0.25) is 4.79 Å². The lowest BCUT2D eigenvalue weighted by Gasteiger charge is -2.47. The van der Waals surface area contributed by atoms with Gasteiger partial charge in [0.15, 0.2) is 0 Å². The fourth-order valence-corrected chi connectivity index (χ4v) is 2.54. The summed E-state index contributed by atoms with van der Waals surface area (Å²) >= 11 is 0. The number of amides is 1. The molecule has 2 bridgehead atoms. The van der Waals surface area contributed by atoms with Crippen LogP contribution in [0.15, 0.2) is 0 Å². The minimum atomic E-state index is 0.234. The van der Waals surface area contributed by atoms with Crippen LogP contribution in [0.1, 0.15) is 33.1 Å². The Balaban J connectivity index is 1.90. The third-order valence-corrected chi connectivity index (χ3v) is 3.64. The zero-order chi connectivity index (χ0) is 9.42. The third kappa shape index (κ3) is 1.59. The van der Waals surface area contributed by atoms with E-state index in [1.807, 2.05) is 6.92 Å². The van der Waals surface area contributed by atoms with Crippen LogP contribution in [0.2, 0.25) is 0 Å². The first-order valence-electron chi connectivity index (χ1n) is 5.49. The van der Waals surface area contributed by atoms with E-state index in [1.165, 1.54) is 12.8 Å². The second-order valence-electron chi connectivity index (χ2n) is 4.76. The molecule has 0 aromatic carbocycles. The Labute approximate surface area is 80.3 Å². The summed E-state index contributed by atoms with van der Waals surface area (Å²) in [6.07, 6.45) is 3.74. The number of carbonyl (C=O) groups is 1. The molecule has 1 saturated carbocycles. The van der Waals surface area contributed by atoms with E-state index in [0.29, 0.717) is 5.91 Å². The molecule has 2 saturated heterocycles.